The van der Waals surface area contributed by atoms with Gasteiger partial charge in [-0.25, -0.2) is 12.8 Å². The van der Waals surface area contributed by atoms with E-state index >= 15 is 0 Å². The van der Waals surface area contributed by atoms with Crippen LogP contribution >= 0.6 is 0 Å². The van der Waals surface area contributed by atoms with Crippen molar-refractivity contribution in [3.05, 3.63) is 132 Å². The summed E-state index contributed by atoms with van der Waals surface area (Å²) < 4.78 is 42.9. The number of anilines is 1. The van der Waals surface area contributed by atoms with Crippen LogP contribution in [0.5, 0.6) is 0 Å². The molecule has 1 atom stereocenters. The maximum atomic E-state index is 14.4. The van der Waals surface area contributed by atoms with E-state index < -0.39 is 34.3 Å². The second-order valence-corrected chi connectivity index (χ2v) is 12.5. The number of rotatable bonds is 14. The van der Waals surface area contributed by atoms with Gasteiger partial charge < -0.3 is 10.2 Å². The average molecular weight is 616 g/mol. The normalized spacial score (nSPS) is 11.9. The maximum Gasteiger partial charge on any atom is 0.264 e. The number of amides is 2. The van der Waals surface area contributed by atoms with Crippen LogP contribution in [-0.2, 0) is 32.6 Å². The van der Waals surface area contributed by atoms with E-state index in [1.165, 1.54) is 29.2 Å². The summed E-state index contributed by atoms with van der Waals surface area (Å²) in [4.78, 5) is 29.5. The minimum absolute atomic E-state index is 0.0228. The molecule has 7 nitrogen and oxygen atoms in total. The first kappa shape index (κ1) is 32.4. The van der Waals surface area contributed by atoms with Crippen molar-refractivity contribution in [2.45, 2.75) is 50.6 Å². The van der Waals surface area contributed by atoms with Gasteiger partial charge in [0.05, 0.1) is 10.6 Å². The van der Waals surface area contributed by atoms with Crippen molar-refractivity contribution in [3.8, 4) is 0 Å². The molecule has 0 saturated carbocycles. The third-order valence-electron chi connectivity index (χ3n) is 7.30. The summed E-state index contributed by atoms with van der Waals surface area (Å²) in [6.45, 7) is 3.75. The van der Waals surface area contributed by atoms with Crippen molar-refractivity contribution < 1.29 is 22.4 Å². The van der Waals surface area contributed by atoms with Gasteiger partial charge in [-0.1, -0.05) is 91.7 Å². The number of sulfonamides is 1. The molecule has 9 heteroatoms. The number of aryl methyl sites for hydroxylation is 1. The van der Waals surface area contributed by atoms with E-state index in [2.05, 4.69) is 5.32 Å². The molecule has 0 aromatic heterocycles. The molecule has 44 heavy (non-hydrogen) atoms. The predicted octanol–water partition coefficient (Wildman–Crippen LogP) is 5.89. The molecule has 4 rings (SSSR count). The number of carbonyl (C=O) groups excluding carboxylic acids is 2. The standard InChI is InChI=1S/C35H38FN3O4S/c1-3-4-23-37-35(41)33(24-28-11-7-5-8-12-28)38(25-29-17-19-30(36)20-18-29)34(40)26-39(31-13-9-6-10-14-31)44(42,43)32-21-15-27(2)16-22-32/h5-22,33H,3-4,23-26H2,1-2H3,(H,37,41)/t33-/m0/s1. The number of hydrogen-bond acceptors (Lipinski definition) is 4. The Morgan fingerprint density at radius 1 is 0.818 bits per heavy atom. The Bertz CT molecular complexity index is 1610. The minimum atomic E-state index is -4.16. The topological polar surface area (TPSA) is 86.8 Å². The molecule has 4 aromatic carbocycles. The van der Waals surface area contributed by atoms with Gasteiger partial charge >= 0.3 is 0 Å². The Morgan fingerprint density at radius 2 is 1.43 bits per heavy atom. The Morgan fingerprint density at radius 3 is 2.05 bits per heavy atom. The highest BCUT2D eigenvalue weighted by atomic mass is 32.2. The zero-order valence-electron chi connectivity index (χ0n) is 25.0. The van der Waals surface area contributed by atoms with Gasteiger partial charge in [0.25, 0.3) is 10.0 Å². The molecule has 0 radical (unpaired) electrons. The molecular formula is C35H38FN3O4S. The van der Waals surface area contributed by atoms with Gasteiger partial charge in [-0.05, 0) is 60.9 Å². The Kier molecular flexibility index (Phi) is 11.3. The Balaban J connectivity index is 1.76. The van der Waals surface area contributed by atoms with Crippen LogP contribution < -0.4 is 9.62 Å². The summed E-state index contributed by atoms with van der Waals surface area (Å²) in [5.74, 6) is -1.34. The van der Waals surface area contributed by atoms with Gasteiger partial charge in [-0.3, -0.25) is 13.9 Å². The lowest BCUT2D eigenvalue weighted by atomic mass is 10.0. The summed E-state index contributed by atoms with van der Waals surface area (Å²) in [6.07, 6.45) is 1.86. The number of carbonyl (C=O) groups is 2. The van der Waals surface area contributed by atoms with E-state index in [1.54, 1.807) is 54.6 Å². The molecule has 0 bridgehead atoms. The third kappa shape index (κ3) is 8.54. The third-order valence-corrected chi connectivity index (χ3v) is 9.09. The number of nitrogens with one attached hydrogen (secondary N) is 1. The highest BCUT2D eigenvalue weighted by Gasteiger charge is 2.34. The molecule has 0 heterocycles. The second kappa shape index (κ2) is 15.3. The van der Waals surface area contributed by atoms with Crippen LogP contribution in [0.1, 0.15) is 36.5 Å². The molecule has 0 saturated heterocycles. The fourth-order valence-electron chi connectivity index (χ4n) is 4.81. The summed E-state index contributed by atoms with van der Waals surface area (Å²) in [6, 6.07) is 29.0. The van der Waals surface area contributed by atoms with Crippen LogP contribution in [0, 0.1) is 12.7 Å². The fraction of sp³-hybridized carbons (Fsp3) is 0.257. The molecule has 0 aliphatic carbocycles. The van der Waals surface area contributed by atoms with Crippen molar-refractivity contribution in [3.63, 3.8) is 0 Å². The van der Waals surface area contributed by atoms with Crippen LogP contribution in [0.25, 0.3) is 0 Å². The number of hydrogen-bond donors (Lipinski definition) is 1. The first-order valence-corrected chi connectivity index (χ1v) is 16.1. The molecule has 0 spiro atoms. The second-order valence-electron chi connectivity index (χ2n) is 10.7. The van der Waals surface area contributed by atoms with Crippen molar-refractivity contribution in [1.82, 2.24) is 10.2 Å². The van der Waals surface area contributed by atoms with Gasteiger partial charge in [0.15, 0.2) is 0 Å². The van der Waals surface area contributed by atoms with Crippen molar-refractivity contribution in [1.29, 1.82) is 0 Å². The van der Waals surface area contributed by atoms with E-state index in [-0.39, 0.29) is 23.8 Å². The lowest BCUT2D eigenvalue weighted by molar-refractivity contribution is -0.140. The zero-order chi connectivity index (χ0) is 31.5. The van der Waals surface area contributed by atoms with Gasteiger partial charge in [0, 0.05) is 19.5 Å². The monoisotopic (exact) mass is 615 g/mol. The molecule has 0 aliphatic rings. The van der Waals surface area contributed by atoms with E-state index in [0.29, 0.717) is 17.8 Å². The SMILES string of the molecule is CCCCNC(=O)[C@H](Cc1ccccc1)N(Cc1ccc(F)cc1)C(=O)CN(c1ccccc1)S(=O)(=O)c1ccc(C)cc1. The Labute approximate surface area is 259 Å². The largest absolute Gasteiger partial charge is 0.354 e. The first-order valence-electron chi connectivity index (χ1n) is 14.7. The van der Waals surface area contributed by atoms with Crippen LogP contribution in [0.15, 0.2) is 114 Å². The van der Waals surface area contributed by atoms with Gasteiger partial charge in [0.1, 0.15) is 18.4 Å². The molecule has 2 amide bonds. The maximum absolute atomic E-state index is 14.4. The predicted molar refractivity (Wildman–Crippen MR) is 171 cm³/mol. The zero-order valence-corrected chi connectivity index (χ0v) is 25.8. The molecule has 0 aliphatic heterocycles. The minimum Gasteiger partial charge on any atom is -0.354 e. The fourth-order valence-corrected chi connectivity index (χ4v) is 6.22. The van der Waals surface area contributed by atoms with Gasteiger partial charge in [-0.15, -0.1) is 0 Å². The van der Waals surface area contributed by atoms with Crippen LogP contribution in [0.2, 0.25) is 0 Å². The van der Waals surface area contributed by atoms with Crippen molar-refractivity contribution >= 4 is 27.5 Å². The van der Waals surface area contributed by atoms with Crippen molar-refractivity contribution in [2.24, 2.45) is 0 Å². The first-order chi connectivity index (χ1) is 21.2. The highest BCUT2D eigenvalue weighted by molar-refractivity contribution is 7.92. The van der Waals surface area contributed by atoms with E-state index in [9.17, 15) is 22.4 Å². The number of benzene rings is 4. The van der Waals surface area contributed by atoms with Crippen molar-refractivity contribution in [2.75, 3.05) is 17.4 Å². The van der Waals surface area contributed by atoms with Crippen LogP contribution in [-0.4, -0.2) is 44.3 Å². The van der Waals surface area contributed by atoms with E-state index in [1.807, 2.05) is 44.2 Å². The molecule has 0 unspecified atom stereocenters. The number of nitrogens with zero attached hydrogens (tertiary/aromatic N) is 2. The summed E-state index contributed by atoms with van der Waals surface area (Å²) >= 11 is 0. The van der Waals surface area contributed by atoms with Gasteiger partial charge in [0.2, 0.25) is 11.8 Å². The summed E-state index contributed by atoms with van der Waals surface area (Å²) in [5, 5.41) is 2.96. The lowest BCUT2D eigenvalue weighted by Gasteiger charge is -2.34. The van der Waals surface area contributed by atoms with Crippen LogP contribution in [0.4, 0.5) is 10.1 Å². The quantitative estimate of drug-likeness (QED) is 0.179. The molecule has 230 valence electrons. The molecular weight excluding hydrogens is 577 g/mol. The van der Waals surface area contributed by atoms with E-state index in [0.717, 1.165) is 28.3 Å². The average Bonchev–Trinajstić information content (AvgIpc) is 3.03. The smallest absolute Gasteiger partial charge is 0.264 e. The van der Waals surface area contributed by atoms with Gasteiger partial charge in [-0.2, -0.15) is 0 Å². The van der Waals surface area contributed by atoms with Crippen LogP contribution in [0.3, 0.4) is 0 Å². The molecule has 0 fully saturated rings. The summed E-state index contributed by atoms with van der Waals surface area (Å²) in [7, 11) is -4.16. The Hall–Kier alpha value is -4.50. The molecule has 1 N–H and O–H groups in total. The number of para-hydroxylation sites is 1. The summed E-state index contributed by atoms with van der Waals surface area (Å²) in [5.41, 5.74) is 2.66. The highest BCUT2D eigenvalue weighted by Crippen LogP contribution is 2.25. The molecule has 4 aromatic rings. The number of halogens is 1. The van der Waals surface area contributed by atoms with E-state index in [4.69, 9.17) is 0 Å². The lowest BCUT2D eigenvalue weighted by Crippen LogP contribution is -2.53. The number of unbranched alkanes of at least 4 members (excludes halogenated alkanes) is 1.